The van der Waals surface area contributed by atoms with E-state index >= 15 is 0 Å². The fourth-order valence-corrected chi connectivity index (χ4v) is 3.18. The van der Waals surface area contributed by atoms with Crippen molar-refractivity contribution in [1.82, 2.24) is 9.88 Å². The lowest BCUT2D eigenvalue weighted by Crippen LogP contribution is -2.55. The van der Waals surface area contributed by atoms with Crippen molar-refractivity contribution in [3.05, 3.63) is 29.6 Å². The molecular formula is C15H18N2O4. The van der Waals surface area contributed by atoms with E-state index in [1.807, 2.05) is 0 Å². The quantitative estimate of drug-likeness (QED) is 0.894. The van der Waals surface area contributed by atoms with Crippen LogP contribution in [-0.4, -0.2) is 52.2 Å². The van der Waals surface area contributed by atoms with Crippen LogP contribution in [0.4, 0.5) is 0 Å². The van der Waals surface area contributed by atoms with Crippen LogP contribution in [0, 0.1) is 0 Å². The van der Waals surface area contributed by atoms with Crippen LogP contribution in [0.1, 0.15) is 46.5 Å². The summed E-state index contributed by atoms with van der Waals surface area (Å²) >= 11 is 0. The molecule has 21 heavy (non-hydrogen) atoms. The number of amides is 1. The highest BCUT2D eigenvalue weighted by Crippen LogP contribution is 2.29. The normalized spacial score (nSPS) is 25.2. The van der Waals surface area contributed by atoms with Gasteiger partial charge in [-0.05, 0) is 25.0 Å². The first-order valence-corrected chi connectivity index (χ1v) is 7.29. The molecule has 6 nitrogen and oxygen atoms in total. The van der Waals surface area contributed by atoms with Crippen LogP contribution >= 0.6 is 0 Å². The Labute approximate surface area is 122 Å². The number of carbonyl (C=O) groups excluding carboxylic acids is 1. The summed E-state index contributed by atoms with van der Waals surface area (Å²) in [7, 11) is 0. The Balaban J connectivity index is 1.83. The second-order valence-corrected chi connectivity index (χ2v) is 5.49. The average Bonchev–Trinajstić information content (AvgIpc) is 2.53. The molecule has 2 fully saturated rings. The van der Waals surface area contributed by atoms with Crippen molar-refractivity contribution >= 4 is 11.9 Å². The molecule has 2 aliphatic rings. The number of carbonyl (C=O) groups is 2. The molecule has 1 aromatic heterocycles. The van der Waals surface area contributed by atoms with Crippen molar-refractivity contribution in [3.8, 4) is 0 Å². The van der Waals surface area contributed by atoms with Gasteiger partial charge < -0.3 is 14.7 Å². The van der Waals surface area contributed by atoms with Crippen molar-refractivity contribution < 1.29 is 19.4 Å². The minimum Gasteiger partial charge on any atom is -0.478 e. The van der Waals surface area contributed by atoms with E-state index in [1.54, 1.807) is 4.90 Å². The second-order valence-electron chi connectivity index (χ2n) is 5.49. The number of fused-ring (bicyclic) bond motifs is 1. The highest BCUT2D eigenvalue weighted by Gasteiger charge is 2.37. The minimum absolute atomic E-state index is 0.0850. The Morgan fingerprint density at radius 1 is 1.33 bits per heavy atom. The molecule has 112 valence electrons. The Kier molecular flexibility index (Phi) is 3.88. The van der Waals surface area contributed by atoms with Crippen LogP contribution in [-0.2, 0) is 4.74 Å². The zero-order valence-corrected chi connectivity index (χ0v) is 11.7. The Morgan fingerprint density at radius 3 is 2.95 bits per heavy atom. The molecule has 2 unspecified atom stereocenters. The number of nitrogens with zero attached hydrogens (tertiary/aromatic N) is 2. The molecule has 0 bridgehead atoms. The van der Waals surface area contributed by atoms with Crippen molar-refractivity contribution in [2.24, 2.45) is 0 Å². The number of aromatic nitrogens is 1. The average molecular weight is 290 g/mol. The molecule has 1 N–H and O–H groups in total. The summed E-state index contributed by atoms with van der Waals surface area (Å²) < 4.78 is 5.75. The highest BCUT2D eigenvalue weighted by atomic mass is 16.5. The van der Waals surface area contributed by atoms with E-state index in [0.717, 1.165) is 25.7 Å². The van der Waals surface area contributed by atoms with E-state index in [0.29, 0.717) is 13.2 Å². The summed E-state index contributed by atoms with van der Waals surface area (Å²) in [6, 6.07) is 2.83. The standard InChI is InChI=1S/C15H18N2O4/c18-14(11-9-10(15(19)20)5-6-16-11)17-7-8-21-13-4-2-1-3-12(13)17/h5-6,9,12-13H,1-4,7-8H2,(H,19,20). The third kappa shape index (κ3) is 2.76. The third-order valence-electron chi connectivity index (χ3n) is 4.22. The predicted molar refractivity (Wildman–Crippen MR) is 74.2 cm³/mol. The van der Waals surface area contributed by atoms with Gasteiger partial charge in [0, 0.05) is 12.7 Å². The zero-order chi connectivity index (χ0) is 14.8. The van der Waals surface area contributed by atoms with Gasteiger partial charge in [0.2, 0.25) is 0 Å². The molecule has 2 atom stereocenters. The van der Waals surface area contributed by atoms with Gasteiger partial charge >= 0.3 is 5.97 Å². The summed E-state index contributed by atoms with van der Waals surface area (Å²) in [4.78, 5) is 29.5. The van der Waals surface area contributed by atoms with Crippen molar-refractivity contribution in [1.29, 1.82) is 0 Å². The third-order valence-corrected chi connectivity index (χ3v) is 4.22. The SMILES string of the molecule is O=C(O)c1ccnc(C(=O)N2CCOC3CCCCC32)c1. The van der Waals surface area contributed by atoms with Gasteiger partial charge in [0.1, 0.15) is 5.69 Å². The van der Waals surface area contributed by atoms with Crippen LogP contribution < -0.4 is 0 Å². The first-order chi connectivity index (χ1) is 10.2. The van der Waals surface area contributed by atoms with E-state index < -0.39 is 5.97 Å². The number of ether oxygens (including phenoxy) is 1. The Morgan fingerprint density at radius 2 is 2.14 bits per heavy atom. The molecule has 0 aromatic carbocycles. The van der Waals surface area contributed by atoms with Crippen LogP contribution in [0.25, 0.3) is 0 Å². The molecular weight excluding hydrogens is 272 g/mol. The van der Waals surface area contributed by atoms with Crippen molar-refractivity contribution in [2.75, 3.05) is 13.2 Å². The van der Waals surface area contributed by atoms with Gasteiger partial charge in [0.25, 0.3) is 5.91 Å². The van der Waals surface area contributed by atoms with E-state index in [-0.39, 0.29) is 29.3 Å². The van der Waals surface area contributed by atoms with Gasteiger partial charge in [-0.15, -0.1) is 0 Å². The number of aromatic carboxylic acids is 1. The lowest BCUT2D eigenvalue weighted by molar-refractivity contribution is -0.0754. The maximum absolute atomic E-state index is 12.6. The number of pyridine rings is 1. The monoisotopic (exact) mass is 290 g/mol. The molecule has 1 aliphatic carbocycles. The zero-order valence-electron chi connectivity index (χ0n) is 11.7. The summed E-state index contributed by atoms with van der Waals surface area (Å²) in [6.07, 6.45) is 5.63. The number of carboxylic acids is 1. The smallest absolute Gasteiger partial charge is 0.335 e. The van der Waals surface area contributed by atoms with Crippen LogP contribution in [0.3, 0.4) is 0 Å². The largest absolute Gasteiger partial charge is 0.478 e. The van der Waals surface area contributed by atoms with E-state index in [4.69, 9.17) is 9.84 Å². The molecule has 6 heteroatoms. The second kappa shape index (κ2) is 5.81. The van der Waals surface area contributed by atoms with Gasteiger partial charge in [0.15, 0.2) is 0 Å². The molecule has 0 radical (unpaired) electrons. The fraction of sp³-hybridized carbons (Fsp3) is 0.533. The van der Waals surface area contributed by atoms with E-state index in [1.165, 1.54) is 18.3 Å². The summed E-state index contributed by atoms with van der Waals surface area (Å²) in [5.41, 5.74) is 0.280. The molecule has 1 saturated heterocycles. The summed E-state index contributed by atoms with van der Waals surface area (Å²) in [5.74, 6) is -1.25. The van der Waals surface area contributed by atoms with Crippen LogP contribution in [0.5, 0.6) is 0 Å². The Hall–Kier alpha value is -1.95. The highest BCUT2D eigenvalue weighted by molar-refractivity contribution is 5.96. The predicted octanol–water partition coefficient (Wildman–Crippen LogP) is 1.56. The molecule has 1 amide bonds. The van der Waals surface area contributed by atoms with Crippen LogP contribution in [0.2, 0.25) is 0 Å². The molecule has 3 rings (SSSR count). The number of hydrogen-bond acceptors (Lipinski definition) is 4. The van der Waals surface area contributed by atoms with E-state index in [9.17, 15) is 9.59 Å². The number of rotatable bonds is 2. The van der Waals surface area contributed by atoms with E-state index in [2.05, 4.69) is 4.98 Å². The first kappa shape index (κ1) is 14.0. The molecule has 1 aromatic rings. The van der Waals surface area contributed by atoms with Crippen molar-refractivity contribution in [3.63, 3.8) is 0 Å². The van der Waals surface area contributed by atoms with Crippen molar-refractivity contribution in [2.45, 2.75) is 37.8 Å². The number of carboxylic acid groups (broad SMARTS) is 1. The molecule has 2 heterocycles. The molecule has 1 aliphatic heterocycles. The number of morpholine rings is 1. The maximum atomic E-state index is 12.6. The number of hydrogen-bond donors (Lipinski definition) is 1. The lowest BCUT2D eigenvalue weighted by atomic mass is 9.90. The topological polar surface area (TPSA) is 79.7 Å². The fourth-order valence-electron chi connectivity index (χ4n) is 3.18. The van der Waals surface area contributed by atoms with Crippen LogP contribution in [0.15, 0.2) is 18.3 Å². The maximum Gasteiger partial charge on any atom is 0.335 e. The first-order valence-electron chi connectivity index (χ1n) is 7.29. The Bertz CT molecular complexity index is 558. The lowest BCUT2D eigenvalue weighted by Gasteiger charge is -2.43. The van der Waals surface area contributed by atoms with Gasteiger partial charge in [-0.3, -0.25) is 9.78 Å². The minimum atomic E-state index is -1.05. The van der Waals surface area contributed by atoms with Gasteiger partial charge in [-0.2, -0.15) is 0 Å². The molecule has 0 spiro atoms. The van der Waals surface area contributed by atoms with Gasteiger partial charge in [-0.25, -0.2) is 4.79 Å². The van der Waals surface area contributed by atoms with Gasteiger partial charge in [0.05, 0.1) is 24.3 Å². The summed E-state index contributed by atoms with van der Waals surface area (Å²) in [5, 5.41) is 9.02. The summed E-state index contributed by atoms with van der Waals surface area (Å²) in [6.45, 7) is 1.07. The van der Waals surface area contributed by atoms with Gasteiger partial charge in [-0.1, -0.05) is 12.8 Å². The molecule has 1 saturated carbocycles.